The van der Waals surface area contributed by atoms with Gasteiger partial charge < -0.3 is 29.2 Å². The van der Waals surface area contributed by atoms with E-state index in [0.29, 0.717) is 24.1 Å². The number of β-amino-alcohol motifs (C(OH)–C–C–N with tert-alkyl or cyclic N) is 1. The van der Waals surface area contributed by atoms with E-state index in [2.05, 4.69) is 9.88 Å². The van der Waals surface area contributed by atoms with Crippen LogP contribution in [0, 0.1) is 18.3 Å². The number of aromatic nitrogens is 1. The fraction of sp³-hybridized carbons (Fsp3) is 0.483. The van der Waals surface area contributed by atoms with Gasteiger partial charge in [-0.3, -0.25) is 4.79 Å². The Morgan fingerprint density at radius 2 is 1.81 bits per heavy atom. The molecule has 36 heavy (non-hydrogen) atoms. The lowest BCUT2D eigenvalue weighted by Gasteiger charge is -2.33. The van der Waals surface area contributed by atoms with Gasteiger partial charge in [0, 0.05) is 17.5 Å². The lowest BCUT2D eigenvalue weighted by Crippen LogP contribution is -2.41. The molecule has 1 fully saturated rings. The molecule has 3 aromatic rings. The minimum atomic E-state index is -0.602. The van der Waals surface area contributed by atoms with Crippen LogP contribution in [0.5, 0.6) is 17.4 Å². The topological polar surface area (TPSA) is 84.0 Å². The number of carbonyl (C=O) groups excluding carboxylic acids is 1. The van der Waals surface area contributed by atoms with Gasteiger partial charge in [-0.15, -0.1) is 0 Å². The largest absolute Gasteiger partial charge is 0.493 e. The van der Waals surface area contributed by atoms with E-state index in [1.807, 2.05) is 76.2 Å². The normalized spacial score (nSPS) is 16.1. The summed E-state index contributed by atoms with van der Waals surface area (Å²) in [6.07, 6.45) is 1.51. The van der Waals surface area contributed by atoms with Gasteiger partial charge in [0.2, 0.25) is 5.88 Å². The van der Waals surface area contributed by atoms with Crippen molar-refractivity contribution >= 4 is 16.9 Å². The molecular formula is C29H38N2O5. The number of ether oxygens (including phenoxy) is 3. The SMILES string of the molecule is Cc1c(OC(=O)C(C)(C)C)[nH]c2cccc(OCC(O)CN3CCC(COc4ccccc4)CC3)c12. The van der Waals surface area contributed by atoms with Gasteiger partial charge in [0.1, 0.15) is 24.2 Å². The molecule has 0 spiro atoms. The first-order chi connectivity index (χ1) is 17.2. The molecule has 4 rings (SSSR count). The van der Waals surface area contributed by atoms with Crippen molar-refractivity contribution in [2.75, 3.05) is 32.8 Å². The first kappa shape index (κ1) is 26.0. The average molecular weight is 495 g/mol. The van der Waals surface area contributed by atoms with Crippen molar-refractivity contribution in [1.82, 2.24) is 9.88 Å². The highest BCUT2D eigenvalue weighted by molar-refractivity contribution is 5.92. The van der Waals surface area contributed by atoms with Crippen LogP contribution < -0.4 is 14.2 Å². The highest BCUT2D eigenvalue weighted by Crippen LogP contribution is 2.35. The third-order valence-electron chi connectivity index (χ3n) is 6.63. The molecule has 0 radical (unpaired) electrons. The Bertz CT molecular complexity index is 1140. The number of aromatic amines is 1. The molecule has 0 bridgehead atoms. The molecule has 2 N–H and O–H groups in total. The Balaban J connectivity index is 1.27. The van der Waals surface area contributed by atoms with Crippen molar-refractivity contribution in [2.24, 2.45) is 11.3 Å². The van der Waals surface area contributed by atoms with E-state index in [1.165, 1.54) is 0 Å². The standard InChI is InChI=1S/C29H38N2O5/c1-20-26-24(30-27(20)36-28(33)29(2,3)4)11-8-12-25(26)35-19-22(32)17-31-15-13-21(14-16-31)18-34-23-9-6-5-7-10-23/h5-12,21-22,30,32H,13-19H2,1-4H3. The van der Waals surface area contributed by atoms with Gasteiger partial charge >= 0.3 is 5.97 Å². The maximum atomic E-state index is 12.4. The summed E-state index contributed by atoms with van der Waals surface area (Å²) in [6.45, 7) is 10.7. The third-order valence-corrected chi connectivity index (χ3v) is 6.63. The van der Waals surface area contributed by atoms with Crippen molar-refractivity contribution < 1.29 is 24.1 Å². The molecule has 1 aromatic heterocycles. The number of fused-ring (bicyclic) bond motifs is 1. The monoisotopic (exact) mass is 494 g/mol. The second kappa shape index (κ2) is 11.4. The van der Waals surface area contributed by atoms with Gasteiger partial charge in [-0.1, -0.05) is 24.3 Å². The molecule has 7 nitrogen and oxygen atoms in total. The van der Waals surface area contributed by atoms with Crippen LogP contribution in [0.3, 0.4) is 0 Å². The van der Waals surface area contributed by atoms with E-state index in [1.54, 1.807) is 0 Å². The molecule has 194 valence electrons. The van der Waals surface area contributed by atoms with Gasteiger partial charge in [-0.05, 0) is 83.8 Å². The van der Waals surface area contributed by atoms with Crippen molar-refractivity contribution in [3.63, 3.8) is 0 Å². The molecule has 1 saturated heterocycles. The number of aryl methyl sites for hydroxylation is 1. The maximum absolute atomic E-state index is 12.4. The van der Waals surface area contributed by atoms with E-state index in [9.17, 15) is 9.90 Å². The van der Waals surface area contributed by atoms with Crippen LogP contribution in [0.15, 0.2) is 48.5 Å². The zero-order valence-corrected chi connectivity index (χ0v) is 21.8. The molecule has 2 heterocycles. The number of likely N-dealkylation sites (tertiary alicyclic amines) is 1. The van der Waals surface area contributed by atoms with Crippen LogP contribution in [0.25, 0.3) is 10.9 Å². The highest BCUT2D eigenvalue weighted by Gasteiger charge is 2.26. The minimum Gasteiger partial charge on any atom is -0.493 e. The Morgan fingerprint density at radius 3 is 2.50 bits per heavy atom. The number of carbonyl (C=O) groups is 1. The number of rotatable bonds is 9. The predicted molar refractivity (Wildman–Crippen MR) is 141 cm³/mol. The fourth-order valence-corrected chi connectivity index (χ4v) is 4.42. The maximum Gasteiger partial charge on any atom is 0.317 e. The first-order valence-corrected chi connectivity index (χ1v) is 12.8. The number of aliphatic hydroxyl groups excluding tert-OH is 1. The van der Waals surface area contributed by atoms with Crippen LogP contribution in [-0.2, 0) is 4.79 Å². The molecule has 1 aliphatic heterocycles. The number of H-pyrrole nitrogens is 1. The number of benzene rings is 2. The zero-order valence-electron chi connectivity index (χ0n) is 21.8. The van der Waals surface area contributed by atoms with Crippen molar-refractivity contribution in [1.29, 1.82) is 0 Å². The molecule has 0 aliphatic carbocycles. The Labute approximate surface area is 213 Å². The van der Waals surface area contributed by atoms with E-state index in [4.69, 9.17) is 14.2 Å². The van der Waals surface area contributed by atoms with E-state index < -0.39 is 11.5 Å². The molecule has 1 unspecified atom stereocenters. The smallest absolute Gasteiger partial charge is 0.317 e. The minimum absolute atomic E-state index is 0.192. The van der Waals surface area contributed by atoms with Crippen molar-refractivity contribution in [3.8, 4) is 17.4 Å². The van der Waals surface area contributed by atoms with Crippen LogP contribution in [-0.4, -0.2) is 59.9 Å². The molecule has 0 saturated carbocycles. The first-order valence-electron chi connectivity index (χ1n) is 12.8. The van der Waals surface area contributed by atoms with Crippen LogP contribution in [0.2, 0.25) is 0 Å². The number of nitrogens with zero attached hydrogens (tertiary/aromatic N) is 1. The highest BCUT2D eigenvalue weighted by atomic mass is 16.5. The summed E-state index contributed by atoms with van der Waals surface area (Å²) in [6, 6.07) is 15.6. The number of nitrogens with one attached hydrogen (secondary N) is 1. The lowest BCUT2D eigenvalue weighted by atomic mass is 9.97. The van der Waals surface area contributed by atoms with Gasteiger partial charge in [0.05, 0.1) is 17.5 Å². The average Bonchev–Trinajstić information content (AvgIpc) is 3.18. The van der Waals surface area contributed by atoms with E-state index in [0.717, 1.165) is 54.8 Å². The number of hydrogen-bond donors (Lipinski definition) is 2. The van der Waals surface area contributed by atoms with Gasteiger partial charge in [0.25, 0.3) is 0 Å². The molecule has 2 aromatic carbocycles. The quantitative estimate of drug-likeness (QED) is 0.409. The zero-order chi connectivity index (χ0) is 25.7. The van der Waals surface area contributed by atoms with E-state index >= 15 is 0 Å². The van der Waals surface area contributed by atoms with Crippen LogP contribution >= 0.6 is 0 Å². The Kier molecular flexibility index (Phi) is 8.21. The van der Waals surface area contributed by atoms with Gasteiger partial charge in [-0.2, -0.15) is 0 Å². The summed E-state index contributed by atoms with van der Waals surface area (Å²) in [5, 5.41) is 11.5. The number of esters is 1. The fourth-order valence-electron chi connectivity index (χ4n) is 4.42. The number of piperidine rings is 1. The lowest BCUT2D eigenvalue weighted by molar-refractivity contribution is -0.143. The van der Waals surface area contributed by atoms with Gasteiger partial charge in [-0.25, -0.2) is 0 Å². The molecule has 0 amide bonds. The number of aliphatic hydroxyl groups is 1. The Hall–Kier alpha value is -3.03. The summed E-state index contributed by atoms with van der Waals surface area (Å²) in [7, 11) is 0. The van der Waals surface area contributed by atoms with Crippen LogP contribution in [0.4, 0.5) is 0 Å². The summed E-state index contributed by atoms with van der Waals surface area (Å²) in [5.74, 6) is 2.24. The summed E-state index contributed by atoms with van der Waals surface area (Å²) < 4.78 is 17.6. The van der Waals surface area contributed by atoms with Crippen molar-refractivity contribution in [3.05, 3.63) is 54.1 Å². The molecule has 7 heteroatoms. The number of hydrogen-bond acceptors (Lipinski definition) is 6. The third kappa shape index (κ3) is 6.59. The molecule has 1 atom stereocenters. The summed E-state index contributed by atoms with van der Waals surface area (Å²) in [5.41, 5.74) is 1.04. The van der Waals surface area contributed by atoms with Crippen molar-refractivity contribution in [2.45, 2.75) is 46.6 Å². The molecular weight excluding hydrogens is 456 g/mol. The van der Waals surface area contributed by atoms with Gasteiger partial charge in [0.15, 0.2) is 0 Å². The predicted octanol–water partition coefficient (Wildman–Crippen LogP) is 4.96. The second-order valence-electron chi connectivity index (χ2n) is 10.7. The Morgan fingerprint density at radius 1 is 1.08 bits per heavy atom. The summed E-state index contributed by atoms with van der Waals surface area (Å²) >= 11 is 0. The van der Waals surface area contributed by atoms with E-state index in [-0.39, 0.29) is 12.6 Å². The number of para-hydroxylation sites is 1. The second-order valence-corrected chi connectivity index (χ2v) is 10.7. The summed E-state index contributed by atoms with van der Waals surface area (Å²) in [4.78, 5) is 17.8. The molecule has 1 aliphatic rings. The van der Waals surface area contributed by atoms with Crippen LogP contribution in [0.1, 0.15) is 39.2 Å².